The fraction of sp³-hybridized carbons (Fsp3) is 0.500. The molecule has 2 aliphatic rings. The second-order valence-corrected chi connectivity index (χ2v) is 6.84. The number of amides is 1. The number of pyridine rings is 1. The third-order valence-corrected chi connectivity index (χ3v) is 4.98. The average molecular weight is 346 g/mol. The first kappa shape index (κ1) is 15.9. The SMILES string of the molecule is Cc1nc2c3c(nc(=O)n2C)N2C(C)CN(C)CC2C(=O)Nc3c1F. The summed E-state index contributed by atoms with van der Waals surface area (Å²) in [6, 6.07) is -0.615. The number of likely N-dealkylation sites (N-methyl/N-ethyl adjacent to an activating group) is 1. The fourth-order valence-corrected chi connectivity index (χ4v) is 3.81. The Balaban J connectivity index is 2.13. The highest BCUT2D eigenvalue weighted by molar-refractivity contribution is 6.10. The summed E-state index contributed by atoms with van der Waals surface area (Å²) >= 11 is 0. The Hall–Kier alpha value is -2.55. The molecule has 1 N–H and O–H groups in total. The van der Waals surface area contributed by atoms with Gasteiger partial charge in [0.25, 0.3) is 0 Å². The van der Waals surface area contributed by atoms with E-state index in [1.54, 1.807) is 7.05 Å². The van der Waals surface area contributed by atoms with Gasteiger partial charge in [0.1, 0.15) is 17.5 Å². The minimum Gasteiger partial charge on any atom is -0.338 e. The summed E-state index contributed by atoms with van der Waals surface area (Å²) in [5.41, 5.74) is 0.0111. The Morgan fingerprint density at radius 1 is 1.20 bits per heavy atom. The maximum absolute atomic E-state index is 14.8. The summed E-state index contributed by atoms with van der Waals surface area (Å²) in [4.78, 5) is 37.4. The molecule has 2 unspecified atom stereocenters. The van der Waals surface area contributed by atoms with E-state index in [2.05, 4.69) is 15.3 Å². The number of nitrogens with zero attached hydrogens (tertiary/aromatic N) is 5. The van der Waals surface area contributed by atoms with Gasteiger partial charge in [-0.2, -0.15) is 4.98 Å². The number of carbonyl (C=O) groups excluding carboxylic acids is 1. The molecule has 2 aliphatic heterocycles. The Labute approximate surface area is 143 Å². The van der Waals surface area contributed by atoms with Crippen LogP contribution in [0.2, 0.25) is 0 Å². The quantitative estimate of drug-likeness (QED) is 0.736. The molecule has 2 aromatic rings. The van der Waals surface area contributed by atoms with Gasteiger partial charge in [-0.3, -0.25) is 9.36 Å². The first-order valence-electron chi connectivity index (χ1n) is 8.14. The molecule has 0 bridgehead atoms. The van der Waals surface area contributed by atoms with Crippen LogP contribution in [0, 0.1) is 12.7 Å². The van der Waals surface area contributed by atoms with Crippen LogP contribution in [-0.2, 0) is 11.8 Å². The molecule has 0 saturated carbocycles. The zero-order valence-corrected chi connectivity index (χ0v) is 14.5. The van der Waals surface area contributed by atoms with Gasteiger partial charge >= 0.3 is 5.69 Å². The molecule has 25 heavy (non-hydrogen) atoms. The molecule has 0 aromatic carbocycles. The zero-order chi connectivity index (χ0) is 18.0. The van der Waals surface area contributed by atoms with Crippen molar-refractivity contribution in [3.05, 3.63) is 22.0 Å². The highest BCUT2D eigenvalue weighted by Gasteiger charge is 2.41. The molecule has 9 heteroatoms. The van der Waals surface area contributed by atoms with Crippen molar-refractivity contribution >= 4 is 28.4 Å². The molecule has 0 aliphatic carbocycles. The number of halogens is 1. The number of aromatic nitrogens is 3. The van der Waals surface area contributed by atoms with E-state index in [0.29, 0.717) is 29.9 Å². The molecule has 4 rings (SSSR count). The van der Waals surface area contributed by atoms with Crippen LogP contribution in [0.15, 0.2) is 4.79 Å². The number of aryl methyl sites for hydroxylation is 2. The van der Waals surface area contributed by atoms with Crippen LogP contribution >= 0.6 is 0 Å². The number of hydrogen-bond donors (Lipinski definition) is 1. The van der Waals surface area contributed by atoms with E-state index in [0.717, 1.165) is 0 Å². The third kappa shape index (κ3) is 2.15. The number of rotatable bonds is 0. The van der Waals surface area contributed by atoms with Crippen LogP contribution in [0.3, 0.4) is 0 Å². The lowest BCUT2D eigenvalue weighted by molar-refractivity contribution is -0.118. The molecule has 2 atom stereocenters. The monoisotopic (exact) mass is 346 g/mol. The lowest BCUT2D eigenvalue weighted by Gasteiger charge is -2.43. The number of carbonyl (C=O) groups is 1. The summed E-state index contributed by atoms with van der Waals surface area (Å²) < 4.78 is 16.0. The van der Waals surface area contributed by atoms with Crippen molar-refractivity contribution in [3.8, 4) is 0 Å². The second kappa shape index (κ2) is 5.22. The fourth-order valence-electron chi connectivity index (χ4n) is 3.81. The number of anilines is 2. The zero-order valence-electron chi connectivity index (χ0n) is 14.5. The van der Waals surface area contributed by atoms with E-state index in [1.165, 1.54) is 11.5 Å². The van der Waals surface area contributed by atoms with Gasteiger partial charge in [0.15, 0.2) is 5.82 Å². The molecule has 0 spiro atoms. The van der Waals surface area contributed by atoms with Gasteiger partial charge in [0.2, 0.25) is 5.91 Å². The Morgan fingerprint density at radius 3 is 2.64 bits per heavy atom. The van der Waals surface area contributed by atoms with E-state index in [9.17, 15) is 14.0 Å². The minimum atomic E-state index is -0.594. The van der Waals surface area contributed by atoms with Crippen LogP contribution in [0.5, 0.6) is 0 Å². The lowest BCUT2D eigenvalue weighted by atomic mass is 10.1. The highest BCUT2D eigenvalue weighted by Crippen LogP contribution is 2.38. The summed E-state index contributed by atoms with van der Waals surface area (Å²) in [6.45, 7) is 4.65. The van der Waals surface area contributed by atoms with Gasteiger partial charge in [0, 0.05) is 26.2 Å². The van der Waals surface area contributed by atoms with Crippen molar-refractivity contribution in [2.75, 3.05) is 30.4 Å². The van der Waals surface area contributed by atoms with E-state index in [-0.39, 0.29) is 23.3 Å². The summed E-state index contributed by atoms with van der Waals surface area (Å²) in [5.74, 6) is -0.579. The summed E-state index contributed by atoms with van der Waals surface area (Å²) in [5, 5.41) is 3.08. The highest BCUT2D eigenvalue weighted by atomic mass is 19.1. The lowest BCUT2D eigenvalue weighted by Crippen LogP contribution is -2.61. The first-order valence-corrected chi connectivity index (χ1v) is 8.14. The number of fused-ring (bicyclic) bond motifs is 2. The van der Waals surface area contributed by atoms with Crippen LogP contribution in [0.25, 0.3) is 11.0 Å². The Morgan fingerprint density at radius 2 is 1.92 bits per heavy atom. The summed E-state index contributed by atoms with van der Waals surface area (Å²) in [6.07, 6.45) is 0. The normalized spacial score (nSPS) is 23.4. The van der Waals surface area contributed by atoms with Gasteiger partial charge < -0.3 is 15.1 Å². The van der Waals surface area contributed by atoms with E-state index in [4.69, 9.17) is 0 Å². The molecule has 0 radical (unpaired) electrons. The average Bonchev–Trinajstić information content (AvgIpc) is 2.66. The van der Waals surface area contributed by atoms with E-state index in [1.807, 2.05) is 23.8 Å². The van der Waals surface area contributed by atoms with Crippen molar-refractivity contribution in [3.63, 3.8) is 0 Å². The summed E-state index contributed by atoms with van der Waals surface area (Å²) in [7, 11) is 3.47. The topological polar surface area (TPSA) is 83.4 Å². The maximum atomic E-state index is 14.8. The molecule has 1 saturated heterocycles. The molecule has 4 heterocycles. The Kier molecular flexibility index (Phi) is 3.33. The largest absolute Gasteiger partial charge is 0.350 e. The van der Waals surface area contributed by atoms with Crippen molar-refractivity contribution in [1.29, 1.82) is 0 Å². The van der Waals surface area contributed by atoms with Crippen LogP contribution in [0.1, 0.15) is 12.6 Å². The molecule has 1 fully saturated rings. The minimum absolute atomic E-state index is 0.0508. The Bertz CT molecular complexity index is 971. The first-order chi connectivity index (χ1) is 11.8. The van der Waals surface area contributed by atoms with E-state index < -0.39 is 17.5 Å². The van der Waals surface area contributed by atoms with Gasteiger partial charge in [-0.15, -0.1) is 0 Å². The van der Waals surface area contributed by atoms with Crippen LogP contribution in [-0.4, -0.2) is 57.6 Å². The standard InChI is InChI=1S/C16H19FN6O2/c1-7-5-21(3)6-9-15(24)19-12-10-13(18-8(2)11(12)17)22(4)16(25)20-14(10)23(7)9/h7,9H,5-6H2,1-4H3,(H,19,24). The van der Waals surface area contributed by atoms with E-state index >= 15 is 0 Å². The van der Waals surface area contributed by atoms with Gasteiger partial charge in [0.05, 0.1) is 16.8 Å². The third-order valence-electron chi connectivity index (χ3n) is 4.98. The van der Waals surface area contributed by atoms with Crippen molar-refractivity contribution in [1.82, 2.24) is 19.4 Å². The second-order valence-electron chi connectivity index (χ2n) is 6.84. The van der Waals surface area contributed by atoms with Crippen LogP contribution < -0.4 is 15.9 Å². The molecule has 1 amide bonds. The number of piperazine rings is 1. The predicted molar refractivity (Wildman–Crippen MR) is 91.3 cm³/mol. The van der Waals surface area contributed by atoms with Crippen LogP contribution in [0.4, 0.5) is 15.9 Å². The molecule has 2 aromatic heterocycles. The van der Waals surface area contributed by atoms with Crippen molar-refractivity contribution in [2.45, 2.75) is 25.9 Å². The molecular weight excluding hydrogens is 327 g/mol. The van der Waals surface area contributed by atoms with Gasteiger partial charge in [-0.1, -0.05) is 0 Å². The number of hydrogen-bond acceptors (Lipinski definition) is 6. The predicted octanol–water partition coefficient (Wildman–Crippen LogP) is 0.237. The van der Waals surface area contributed by atoms with Gasteiger partial charge in [-0.05, 0) is 20.9 Å². The van der Waals surface area contributed by atoms with Gasteiger partial charge in [-0.25, -0.2) is 14.2 Å². The molecular formula is C16H19FN6O2. The number of nitrogens with one attached hydrogen (secondary N) is 1. The smallest absolute Gasteiger partial charge is 0.338 e. The van der Waals surface area contributed by atoms with Crippen molar-refractivity contribution in [2.24, 2.45) is 7.05 Å². The molecule has 8 nitrogen and oxygen atoms in total. The van der Waals surface area contributed by atoms with Crippen molar-refractivity contribution < 1.29 is 9.18 Å². The molecule has 132 valence electrons. The maximum Gasteiger partial charge on any atom is 0.350 e.